The van der Waals surface area contributed by atoms with Crippen LogP contribution in [-0.2, 0) is 10.0 Å². The molecule has 1 aromatic rings. The summed E-state index contributed by atoms with van der Waals surface area (Å²) >= 11 is 0. The molecule has 1 aliphatic rings. The van der Waals surface area contributed by atoms with Crippen LogP contribution in [0.4, 0.5) is 5.69 Å². The Kier molecular flexibility index (Phi) is 4.39. The minimum Gasteiger partial charge on any atom is -0.382 e. The average Bonchev–Trinajstić information content (AvgIpc) is 2.69. The fourth-order valence-electron chi connectivity index (χ4n) is 2.80. The summed E-state index contributed by atoms with van der Waals surface area (Å²) in [5.74, 6) is 0. The maximum atomic E-state index is 11.8. The van der Waals surface area contributed by atoms with Crippen LogP contribution in [0.15, 0.2) is 29.2 Å². The van der Waals surface area contributed by atoms with Gasteiger partial charge in [0.05, 0.1) is 4.90 Å². The minimum absolute atomic E-state index is 0.316. The van der Waals surface area contributed by atoms with Crippen molar-refractivity contribution in [2.45, 2.75) is 51.0 Å². The van der Waals surface area contributed by atoms with E-state index < -0.39 is 10.0 Å². The second-order valence-electron chi connectivity index (χ2n) is 6.27. The van der Waals surface area contributed by atoms with Crippen LogP contribution in [0.5, 0.6) is 0 Å². The monoisotopic (exact) mass is 296 g/mol. The van der Waals surface area contributed by atoms with Crippen molar-refractivity contribution in [2.75, 3.05) is 11.9 Å². The molecule has 1 atom stereocenters. The molecule has 1 unspecified atom stereocenters. The molecule has 0 heterocycles. The van der Waals surface area contributed by atoms with Crippen molar-refractivity contribution in [3.05, 3.63) is 24.3 Å². The predicted molar refractivity (Wildman–Crippen MR) is 82.3 cm³/mol. The van der Waals surface area contributed by atoms with E-state index in [9.17, 15) is 8.42 Å². The van der Waals surface area contributed by atoms with Gasteiger partial charge in [0.1, 0.15) is 0 Å². The molecule has 0 radical (unpaired) electrons. The van der Waals surface area contributed by atoms with Gasteiger partial charge in [0.15, 0.2) is 0 Å². The zero-order valence-corrected chi connectivity index (χ0v) is 13.3. The Bertz CT molecular complexity index is 550. The predicted octanol–water partition coefficient (Wildman–Crippen LogP) is 2.98. The summed E-state index contributed by atoms with van der Waals surface area (Å²) in [6, 6.07) is 7.48. The fraction of sp³-hybridized carbons (Fsp3) is 0.600. The SMILES string of the molecule is CCNS(=O)(=O)c1ccc(NC2CCC(C)(C)C2)cc1. The van der Waals surface area contributed by atoms with E-state index in [2.05, 4.69) is 23.9 Å². The number of benzene rings is 1. The molecule has 1 fully saturated rings. The molecule has 0 spiro atoms. The third kappa shape index (κ3) is 3.73. The van der Waals surface area contributed by atoms with Crippen LogP contribution in [0.1, 0.15) is 40.0 Å². The molecule has 0 aliphatic heterocycles. The van der Waals surface area contributed by atoms with Gasteiger partial charge in [-0.05, 0) is 48.9 Å². The number of hydrogen-bond donors (Lipinski definition) is 2. The largest absolute Gasteiger partial charge is 0.382 e. The number of hydrogen-bond acceptors (Lipinski definition) is 3. The lowest BCUT2D eigenvalue weighted by Crippen LogP contribution is -2.23. The minimum atomic E-state index is -3.35. The Morgan fingerprint density at radius 1 is 1.25 bits per heavy atom. The third-order valence-electron chi connectivity index (χ3n) is 3.84. The first kappa shape index (κ1) is 15.3. The molecule has 1 saturated carbocycles. The molecule has 0 saturated heterocycles. The van der Waals surface area contributed by atoms with Crippen molar-refractivity contribution >= 4 is 15.7 Å². The zero-order valence-electron chi connectivity index (χ0n) is 12.4. The van der Waals surface area contributed by atoms with E-state index in [1.807, 2.05) is 12.1 Å². The van der Waals surface area contributed by atoms with Gasteiger partial charge in [0.2, 0.25) is 10.0 Å². The highest BCUT2D eigenvalue weighted by molar-refractivity contribution is 7.89. The van der Waals surface area contributed by atoms with Gasteiger partial charge in [-0.25, -0.2) is 13.1 Å². The van der Waals surface area contributed by atoms with Crippen molar-refractivity contribution in [3.8, 4) is 0 Å². The summed E-state index contributed by atoms with van der Waals surface area (Å²) < 4.78 is 26.2. The van der Waals surface area contributed by atoms with Crippen LogP contribution in [0.3, 0.4) is 0 Å². The topological polar surface area (TPSA) is 58.2 Å². The van der Waals surface area contributed by atoms with Crippen molar-refractivity contribution in [2.24, 2.45) is 5.41 Å². The summed E-state index contributed by atoms with van der Waals surface area (Å²) in [7, 11) is -3.35. The summed E-state index contributed by atoms with van der Waals surface area (Å²) in [6.07, 6.45) is 3.56. The van der Waals surface area contributed by atoms with E-state index in [0.29, 0.717) is 22.9 Å². The third-order valence-corrected chi connectivity index (χ3v) is 5.40. The van der Waals surface area contributed by atoms with E-state index in [4.69, 9.17) is 0 Å². The van der Waals surface area contributed by atoms with E-state index in [-0.39, 0.29) is 0 Å². The van der Waals surface area contributed by atoms with Gasteiger partial charge in [-0.15, -0.1) is 0 Å². The first-order valence-electron chi connectivity index (χ1n) is 7.19. The molecule has 1 aromatic carbocycles. The lowest BCUT2D eigenvalue weighted by molar-refractivity contribution is 0.378. The summed E-state index contributed by atoms with van der Waals surface area (Å²) in [4.78, 5) is 0.316. The molecule has 0 bridgehead atoms. The van der Waals surface area contributed by atoms with Crippen molar-refractivity contribution in [1.82, 2.24) is 4.72 Å². The van der Waals surface area contributed by atoms with Crippen LogP contribution in [0.2, 0.25) is 0 Å². The molecule has 20 heavy (non-hydrogen) atoms. The van der Waals surface area contributed by atoms with Gasteiger partial charge in [-0.3, -0.25) is 0 Å². The molecule has 0 amide bonds. The summed E-state index contributed by atoms with van der Waals surface area (Å²) in [6.45, 7) is 6.76. The number of sulfonamides is 1. The smallest absolute Gasteiger partial charge is 0.240 e. The van der Waals surface area contributed by atoms with Gasteiger partial charge in [-0.2, -0.15) is 0 Å². The van der Waals surface area contributed by atoms with Crippen LogP contribution < -0.4 is 10.0 Å². The summed E-state index contributed by atoms with van der Waals surface area (Å²) in [5.41, 5.74) is 1.40. The second kappa shape index (κ2) is 5.74. The zero-order chi connectivity index (χ0) is 14.8. The van der Waals surface area contributed by atoms with Gasteiger partial charge in [0, 0.05) is 18.3 Å². The first-order valence-corrected chi connectivity index (χ1v) is 8.67. The molecule has 1 aliphatic carbocycles. The molecule has 2 N–H and O–H groups in total. The second-order valence-corrected chi connectivity index (χ2v) is 8.04. The van der Waals surface area contributed by atoms with Crippen LogP contribution >= 0.6 is 0 Å². The lowest BCUT2D eigenvalue weighted by atomic mass is 9.92. The number of anilines is 1. The molecule has 2 rings (SSSR count). The van der Waals surface area contributed by atoms with E-state index in [1.54, 1.807) is 19.1 Å². The van der Waals surface area contributed by atoms with Gasteiger partial charge in [0.25, 0.3) is 0 Å². The molecule has 112 valence electrons. The van der Waals surface area contributed by atoms with Gasteiger partial charge < -0.3 is 5.32 Å². The van der Waals surface area contributed by atoms with Crippen molar-refractivity contribution in [1.29, 1.82) is 0 Å². The quantitative estimate of drug-likeness (QED) is 0.878. The maximum absolute atomic E-state index is 11.8. The molecule has 4 nitrogen and oxygen atoms in total. The Morgan fingerprint density at radius 3 is 2.40 bits per heavy atom. The van der Waals surface area contributed by atoms with Crippen LogP contribution in [0.25, 0.3) is 0 Å². The molecule has 5 heteroatoms. The standard InChI is InChI=1S/C15H24N2O2S/c1-4-16-20(18,19)14-7-5-12(6-8-14)17-13-9-10-15(2,3)11-13/h5-8,13,16-17H,4,9-11H2,1-3H3. The highest BCUT2D eigenvalue weighted by Crippen LogP contribution is 2.38. The Morgan fingerprint density at radius 2 is 1.90 bits per heavy atom. The Hall–Kier alpha value is -1.07. The normalized spacial score (nSPS) is 21.9. The number of nitrogens with one attached hydrogen (secondary N) is 2. The van der Waals surface area contributed by atoms with Crippen LogP contribution in [0, 0.1) is 5.41 Å². The molecular weight excluding hydrogens is 272 g/mol. The van der Waals surface area contributed by atoms with Crippen LogP contribution in [-0.4, -0.2) is 21.0 Å². The van der Waals surface area contributed by atoms with Crippen molar-refractivity contribution in [3.63, 3.8) is 0 Å². The molecular formula is C15H24N2O2S. The lowest BCUT2D eigenvalue weighted by Gasteiger charge is -2.18. The summed E-state index contributed by atoms with van der Waals surface area (Å²) in [5, 5.41) is 3.49. The highest BCUT2D eigenvalue weighted by Gasteiger charge is 2.30. The average molecular weight is 296 g/mol. The maximum Gasteiger partial charge on any atom is 0.240 e. The van der Waals surface area contributed by atoms with E-state index in [0.717, 1.165) is 12.1 Å². The highest BCUT2D eigenvalue weighted by atomic mass is 32.2. The Balaban J connectivity index is 2.02. The van der Waals surface area contributed by atoms with E-state index in [1.165, 1.54) is 12.8 Å². The first-order chi connectivity index (χ1) is 9.32. The van der Waals surface area contributed by atoms with E-state index >= 15 is 0 Å². The fourth-order valence-corrected chi connectivity index (χ4v) is 3.84. The number of rotatable bonds is 5. The van der Waals surface area contributed by atoms with Gasteiger partial charge >= 0.3 is 0 Å². The van der Waals surface area contributed by atoms with Gasteiger partial charge in [-0.1, -0.05) is 20.8 Å². The molecule has 0 aromatic heterocycles. The Labute approximate surface area is 122 Å². The van der Waals surface area contributed by atoms with Crippen molar-refractivity contribution < 1.29 is 8.42 Å².